The Labute approximate surface area is 88.0 Å². The number of methoxy groups -OCH3 is 1. The highest BCUT2D eigenvalue weighted by molar-refractivity contribution is 5.93. The number of fused-ring (bicyclic) bond motifs is 1. The van der Waals surface area contributed by atoms with Crippen molar-refractivity contribution in [3.8, 4) is 5.75 Å². The molecule has 4 nitrogen and oxygen atoms in total. The molecule has 0 aliphatic rings. The van der Waals surface area contributed by atoms with E-state index in [9.17, 15) is 0 Å². The van der Waals surface area contributed by atoms with E-state index in [0.717, 1.165) is 27.9 Å². The first-order valence-electron chi connectivity index (χ1n) is 4.66. The quantitative estimate of drug-likeness (QED) is 0.577. The number of hydrogen-bond acceptors (Lipinski definition) is 4. The van der Waals surface area contributed by atoms with Crippen molar-refractivity contribution in [2.24, 2.45) is 5.84 Å². The maximum Gasteiger partial charge on any atom is 0.119 e. The molecule has 0 spiro atoms. The monoisotopic (exact) mass is 203 g/mol. The Hall–Kier alpha value is -1.81. The summed E-state index contributed by atoms with van der Waals surface area (Å²) in [6.07, 6.45) is 1.73. The molecule has 3 N–H and O–H groups in total. The van der Waals surface area contributed by atoms with E-state index in [1.807, 2.05) is 25.1 Å². The highest BCUT2D eigenvalue weighted by Gasteiger charge is 2.05. The van der Waals surface area contributed by atoms with Crippen LogP contribution in [0.4, 0.5) is 5.69 Å². The van der Waals surface area contributed by atoms with Crippen LogP contribution < -0.4 is 16.0 Å². The maximum absolute atomic E-state index is 5.44. The van der Waals surface area contributed by atoms with Crippen LogP contribution in [0.5, 0.6) is 5.75 Å². The van der Waals surface area contributed by atoms with Gasteiger partial charge in [0.1, 0.15) is 5.75 Å². The first-order chi connectivity index (χ1) is 7.26. The number of hydrazine groups is 1. The Morgan fingerprint density at radius 2 is 2.20 bits per heavy atom. The summed E-state index contributed by atoms with van der Waals surface area (Å²) in [5, 5.41) is 0.969. The summed E-state index contributed by atoms with van der Waals surface area (Å²) in [5.41, 5.74) is 5.51. The fourth-order valence-corrected chi connectivity index (χ4v) is 1.64. The van der Waals surface area contributed by atoms with Crippen LogP contribution in [0.1, 0.15) is 5.56 Å². The number of nitrogens with one attached hydrogen (secondary N) is 1. The molecule has 0 aliphatic carbocycles. The van der Waals surface area contributed by atoms with Crippen molar-refractivity contribution in [1.29, 1.82) is 0 Å². The molecule has 2 aromatic rings. The number of nitrogen functional groups attached to an aromatic ring is 1. The fraction of sp³-hybridized carbons (Fsp3) is 0.182. The summed E-state index contributed by atoms with van der Waals surface area (Å²) in [4.78, 5) is 4.31. The van der Waals surface area contributed by atoms with Gasteiger partial charge in [0, 0.05) is 11.6 Å². The Morgan fingerprint density at radius 1 is 1.40 bits per heavy atom. The Balaban J connectivity index is 2.79. The summed E-state index contributed by atoms with van der Waals surface area (Å²) in [5.74, 6) is 6.25. The van der Waals surface area contributed by atoms with Gasteiger partial charge in [0.05, 0.1) is 18.3 Å². The molecule has 1 aromatic heterocycles. The van der Waals surface area contributed by atoms with Crippen LogP contribution in [0.3, 0.4) is 0 Å². The normalized spacial score (nSPS) is 10.3. The third-order valence-corrected chi connectivity index (χ3v) is 2.40. The lowest BCUT2D eigenvalue weighted by Crippen LogP contribution is -2.07. The predicted octanol–water partition coefficient (Wildman–Crippen LogP) is 1.84. The van der Waals surface area contributed by atoms with Gasteiger partial charge in [-0.25, -0.2) is 0 Å². The SMILES string of the molecule is COc1cc(C)c2nccc(NN)c2c1. The van der Waals surface area contributed by atoms with Crippen molar-refractivity contribution in [3.05, 3.63) is 30.0 Å². The summed E-state index contributed by atoms with van der Waals surface area (Å²) in [6.45, 7) is 2.00. The molecule has 0 unspecified atom stereocenters. The van der Waals surface area contributed by atoms with Crippen LogP contribution in [0.25, 0.3) is 10.9 Å². The van der Waals surface area contributed by atoms with Crippen LogP contribution in [0.15, 0.2) is 24.4 Å². The number of pyridine rings is 1. The standard InChI is InChI=1S/C11H13N3O/c1-7-5-8(15-2)6-9-10(14-12)3-4-13-11(7)9/h3-6H,12H2,1-2H3,(H,13,14). The second kappa shape index (κ2) is 3.74. The summed E-state index contributed by atoms with van der Waals surface area (Å²) >= 11 is 0. The largest absolute Gasteiger partial charge is 0.497 e. The van der Waals surface area contributed by atoms with Crippen molar-refractivity contribution >= 4 is 16.6 Å². The van der Waals surface area contributed by atoms with E-state index in [1.165, 1.54) is 0 Å². The minimum absolute atomic E-state index is 0.810. The lowest BCUT2D eigenvalue weighted by Gasteiger charge is -2.09. The van der Waals surface area contributed by atoms with Gasteiger partial charge in [-0.05, 0) is 30.7 Å². The van der Waals surface area contributed by atoms with Crippen LogP contribution >= 0.6 is 0 Å². The van der Waals surface area contributed by atoms with Crippen molar-refractivity contribution in [2.45, 2.75) is 6.92 Å². The molecule has 0 atom stereocenters. The first-order valence-corrected chi connectivity index (χ1v) is 4.66. The molecule has 2 rings (SSSR count). The number of hydrogen-bond donors (Lipinski definition) is 2. The molecule has 0 bridgehead atoms. The molecular weight excluding hydrogens is 190 g/mol. The minimum Gasteiger partial charge on any atom is -0.497 e. The highest BCUT2D eigenvalue weighted by atomic mass is 16.5. The molecule has 0 aliphatic heterocycles. The third kappa shape index (κ3) is 1.59. The predicted molar refractivity (Wildman–Crippen MR) is 60.8 cm³/mol. The van der Waals surface area contributed by atoms with E-state index < -0.39 is 0 Å². The van der Waals surface area contributed by atoms with Crippen molar-refractivity contribution in [3.63, 3.8) is 0 Å². The zero-order valence-electron chi connectivity index (χ0n) is 8.74. The topological polar surface area (TPSA) is 60.2 Å². The third-order valence-electron chi connectivity index (χ3n) is 2.40. The molecule has 78 valence electrons. The van der Waals surface area contributed by atoms with E-state index in [0.29, 0.717) is 0 Å². The van der Waals surface area contributed by atoms with E-state index >= 15 is 0 Å². The van der Waals surface area contributed by atoms with E-state index in [2.05, 4.69) is 10.4 Å². The second-order valence-electron chi connectivity index (χ2n) is 3.34. The van der Waals surface area contributed by atoms with Crippen LogP contribution in [-0.2, 0) is 0 Å². The van der Waals surface area contributed by atoms with Gasteiger partial charge >= 0.3 is 0 Å². The molecule has 0 saturated heterocycles. The smallest absolute Gasteiger partial charge is 0.119 e. The van der Waals surface area contributed by atoms with Crippen molar-refractivity contribution in [2.75, 3.05) is 12.5 Å². The molecular formula is C11H13N3O. The van der Waals surface area contributed by atoms with Gasteiger partial charge in [-0.3, -0.25) is 10.8 Å². The lowest BCUT2D eigenvalue weighted by atomic mass is 10.1. The number of anilines is 1. The fourth-order valence-electron chi connectivity index (χ4n) is 1.64. The van der Waals surface area contributed by atoms with Gasteiger partial charge in [-0.15, -0.1) is 0 Å². The van der Waals surface area contributed by atoms with Gasteiger partial charge in [0.2, 0.25) is 0 Å². The number of nitrogens with zero attached hydrogens (tertiary/aromatic N) is 1. The Morgan fingerprint density at radius 3 is 2.87 bits per heavy atom. The van der Waals surface area contributed by atoms with Crippen LogP contribution in [-0.4, -0.2) is 12.1 Å². The van der Waals surface area contributed by atoms with Gasteiger partial charge in [-0.2, -0.15) is 0 Å². The molecule has 0 amide bonds. The molecule has 0 saturated carbocycles. The zero-order chi connectivity index (χ0) is 10.8. The van der Waals surface area contributed by atoms with Gasteiger partial charge < -0.3 is 10.2 Å². The van der Waals surface area contributed by atoms with Crippen molar-refractivity contribution in [1.82, 2.24) is 4.98 Å². The molecule has 1 aromatic carbocycles. The number of aromatic nitrogens is 1. The summed E-state index contributed by atoms with van der Waals surface area (Å²) in [7, 11) is 1.65. The van der Waals surface area contributed by atoms with E-state index in [-0.39, 0.29) is 0 Å². The Bertz CT molecular complexity index is 496. The van der Waals surface area contributed by atoms with E-state index in [4.69, 9.17) is 10.6 Å². The molecule has 1 heterocycles. The molecule has 0 fully saturated rings. The van der Waals surface area contributed by atoms with Crippen molar-refractivity contribution < 1.29 is 4.74 Å². The molecule has 4 heteroatoms. The number of aryl methyl sites for hydroxylation is 1. The first kappa shape index (κ1) is 9.73. The summed E-state index contributed by atoms with van der Waals surface area (Å²) in [6, 6.07) is 5.71. The average Bonchev–Trinajstić information content (AvgIpc) is 2.28. The zero-order valence-corrected chi connectivity index (χ0v) is 8.74. The molecule has 0 radical (unpaired) electrons. The van der Waals surface area contributed by atoms with Crippen LogP contribution in [0.2, 0.25) is 0 Å². The second-order valence-corrected chi connectivity index (χ2v) is 3.34. The van der Waals surface area contributed by atoms with Gasteiger partial charge in [-0.1, -0.05) is 0 Å². The average molecular weight is 203 g/mol. The Kier molecular flexibility index (Phi) is 2.43. The number of benzene rings is 1. The van der Waals surface area contributed by atoms with E-state index in [1.54, 1.807) is 13.3 Å². The summed E-state index contributed by atoms with van der Waals surface area (Å²) < 4.78 is 5.21. The highest BCUT2D eigenvalue weighted by Crippen LogP contribution is 2.28. The lowest BCUT2D eigenvalue weighted by molar-refractivity contribution is 0.415. The number of rotatable bonds is 2. The minimum atomic E-state index is 0.810. The van der Waals surface area contributed by atoms with Gasteiger partial charge in [0.15, 0.2) is 0 Å². The molecule has 15 heavy (non-hydrogen) atoms. The maximum atomic E-state index is 5.44. The van der Waals surface area contributed by atoms with Gasteiger partial charge in [0.25, 0.3) is 0 Å². The number of ether oxygens (including phenoxy) is 1. The number of nitrogens with two attached hydrogens (primary N) is 1. The van der Waals surface area contributed by atoms with Crippen LogP contribution in [0, 0.1) is 6.92 Å².